The number of halogens is 2. The van der Waals surface area contributed by atoms with Crippen LogP contribution in [0.1, 0.15) is 50.4 Å². The van der Waals surface area contributed by atoms with Crippen LogP contribution in [-0.2, 0) is 0 Å². The fraction of sp³-hybridized carbons (Fsp3) is 0.562. The minimum absolute atomic E-state index is 0.0611. The standard InChI is InChI=1S/C16H20BrClN2S/c1-3-21-13-6-5-12(9-13)20-15-8-11(17)4-7-14(15)19-16(20)10(2)18/h4,7-8,10,12-13H,3,5-6,9H2,1-2H3. The van der Waals surface area contributed by atoms with E-state index < -0.39 is 0 Å². The van der Waals surface area contributed by atoms with Crippen LogP contribution in [0.2, 0.25) is 0 Å². The van der Waals surface area contributed by atoms with E-state index >= 15 is 0 Å². The Morgan fingerprint density at radius 1 is 1.48 bits per heavy atom. The van der Waals surface area contributed by atoms with Gasteiger partial charge in [0.2, 0.25) is 0 Å². The van der Waals surface area contributed by atoms with E-state index in [1.807, 2.05) is 13.0 Å². The number of thioether (sulfide) groups is 1. The van der Waals surface area contributed by atoms with E-state index in [9.17, 15) is 0 Å². The van der Waals surface area contributed by atoms with E-state index in [0.29, 0.717) is 6.04 Å². The largest absolute Gasteiger partial charge is 0.324 e. The van der Waals surface area contributed by atoms with Crippen LogP contribution in [-0.4, -0.2) is 20.6 Å². The third kappa shape index (κ3) is 3.13. The smallest absolute Gasteiger partial charge is 0.127 e. The zero-order chi connectivity index (χ0) is 15.0. The number of fused-ring (bicyclic) bond motifs is 1. The quantitative estimate of drug-likeness (QED) is 0.604. The van der Waals surface area contributed by atoms with Gasteiger partial charge in [0.1, 0.15) is 5.82 Å². The Labute approximate surface area is 143 Å². The molecule has 0 saturated heterocycles. The van der Waals surface area contributed by atoms with Gasteiger partial charge in [0.25, 0.3) is 0 Å². The molecule has 3 unspecified atom stereocenters. The lowest BCUT2D eigenvalue weighted by atomic mass is 10.2. The fourth-order valence-corrected chi connectivity index (χ4v) is 4.92. The molecule has 0 aliphatic heterocycles. The van der Waals surface area contributed by atoms with Gasteiger partial charge in [0, 0.05) is 15.8 Å². The summed E-state index contributed by atoms with van der Waals surface area (Å²) in [5, 5.41) is 0.720. The average molecular weight is 388 g/mol. The number of hydrogen-bond acceptors (Lipinski definition) is 2. The van der Waals surface area contributed by atoms with Crippen molar-refractivity contribution >= 4 is 50.3 Å². The molecule has 2 nitrogen and oxygen atoms in total. The third-order valence-electron chi connectivity index (χ3n) is 4.16. The van der Waals surface area contributed by atoms with Crippen molar-refractivity contribution in [1.82, 2.24) is 9.55 Å². The molecule has 21 heavy (non-hydrogen) atoms. The van der Waals surface area contributed by atoms with Crippen molar-refractivity contribution in [1.29, 1.82) is 0 Å². The molecular formula is C16H20BrClN2S. The number of rotatable bonds is 4. The SMILES string of the molecule is CCSC1CCC(n2c(C(C)Cl)nc3ccc(Br)cc32)C1. The predicted molar refractivity (Wildman–Crippen MR) is 96.5 cm³/mol. The van der Waals surface area contributed by atoms with E-state index in [-0.39, 0.29) is 5.38 Å². The molecule has 0 amide bonds. The van der Waals surface area contributed by atoms with Crippen molar-refractivity contribution in [2.75, 3.05) is 5.75 Å². The third-order valence-corrected chi connectivity index (χ3v) is 6.08. The summed E-state index contributed by atoms with van der Waals surface area (Å²) in [4.78, 5) is 4.77. The van der Waals surface area contributed by atoms with Gasteiger partial charge >= 0.3 is 0 Å². The Balaban J connectivity index is 2.03. The molecule has 0 bridgehead atoms. The number of imidazole rings is 1. The van der Waals surface area contributed by atoms with Gasteiger partial charge in [-0.2, -0.15) is 11.8 Å². The lowest BCUT2D eigenvalue weighted by molar-refractivity contribution is 0.511. The summed E-state index contributed by atoms with van der Waals surface area (Å²) >= 11 is 12.1. The Hall–Kier alpha value is -0.190. The molecule has 1 aliphatic carbocycles. The van der Waals surface area contributed by atoms with Gasteiger partial charge in [0.15, 0.2) is 0 Å². The lowest BCUT2D eigenvalue weighted by Crippen LogP contribution is -2.11. The summed E-state index contributed by atoms with van der Waals surface area (Å²) in [6.45, 7) is 4.26. The summed E-state index contributed by atoms with van der Waals surface area (Å²) in [5.74, 6) is 2.21. The van der Waals surface area contributed by atoms with Crippen molar-refractivity contribution in [3.05, 3.63) is 28.5 Å². The molecular weight excluding hydrogens is 368 g/mol. The van der Waals surface area contributed by atoms with Crippen molar-refractivity contribution in [3.8, 4) is 0 Å². The van der Waals surface area contributed by atoms with Crippen LogP contribution in [0.25, 0.3) is 11.0 Å². The van der Waals surface area contributed by atoms with Crippen molar-refractivity contribution in [2.45, 2.75) is 49.8 Å². The van der Waals surface area contributed by atoms with Gasteiger partial charge in [0.05, 0.1) is 16.4 Å². The van der Waals surface area contributed by atoms with Crippen LogP contribution in [0, 0.1) is 0 Å². The molecule has 1 heterocycles. The van der Waals surface area contributed by atoms with Gasteiger partial charge < -0.3 is 4.57 Å². The van der Waals surface area contributed by atoms with E-state index in [2.05, 4.69) is 51.3 Å². The molecule has 1 aromatic heterocycles. The highest BCUT2D eigenvalue weighted by Crippen LogP contribution is 2.41. The molecule has 0 N–H and O–H groups in total. The lowest BCUT2D eigenvalue weighted by Gasteiger charge is -2.18. The summed E-state index contributed by atoms with van der Waals surface area (Å²) in [5.41, 5.74) is 2.26. The van der Waals surface area contributed by atoms with Gasteiger partial charge in [-0.05, 0) is 50.1 Å². The first-order chi connectivity index (χ1) is 10.1. The first-order valence-corrected chi connectivity index (χ1v) is 9.81. The second-order valence-corrected chi connectivity index (χ2v) is 8.78. The second kappa shape index (κ2) is 6.51. The zero-order valence-corrected chi connectivity index (χ0v) is 15.5. The molecule has 1 fully saturated rings. The molecule has 3 rings (SSSR count). The number of benzene rings is 1. The highest BCUT2D eigenvalue weighted by atomic mass is 79.9. The monoisotopic (exact) mass is 386 g/mol. The summed E-state index contributed by atoms with van der Waals surface area (Å²) in [6.07, 6.45) is 3.76. The first-order valence-electron chi connectivity index (χ1n) is 7.53. The van der Waals surface area contributed by atoms with E-state index in [1.54, 1.807) is 0 Å². The van der Waals surface area contributed by atoms with Crippen molar-refractivity contribution in [2.24, 2.45) is 0 Å². The normalized spacial score (nSPS) is 23.8. The molecule has 0 spiro atoms. The Bertz CT molecular complexity index is 640. The molecule has 1 aromatic carbocycles. The van der Waals surface area contributed by atoms with Crippen LogP contribution in [0.15, 0.2) is 22.7 Å². The molecule has 1 aliphatic rings. The summed E-state index contributed by atoms with van der Waals surface area (Å²) in [7, 11) is 0. The molecule has 3 atom stereocenters. The van der Waals surface area contributed by atoms with Crippen LogP contribution >= 0.6 is 39.3 Å². The minimum atomic E-state index is -0.0611. The highest BCUT2D eigenvalue weighted by Gasteiger charge is 2.29. The predicted octanol–water partition coefficient (Wildman–Crippen LogP) is 5.95. The zero-order valence-electron chi connectivity index (χ0n) is 12.4. The maximum Gasteiger partial charge on any atom is 0.127 e. The van der Waals surface area contributed by atoms with Crippen LogP contribution in [0.4, 0.5) is 0 Å². The van der Waals surface area contributed by atoms with Gasteiger partial charge in [-0.15, -0.1) is 11.6 Å². The van der Waals surface area contributed by atoms with Crippen molar-refractivity contribution < 1.29 is 0 Å². The van der Waals surface area contributed by atoms with Crippen LogP contribution in [0.5, 0.6) is 0 Å². The number of alkyl halides is 1. The minimum Gasteiger partial charge on any atom is -0.324 e. The maximum absolute atomic E-state index is 6.40. The van der Waals surface area contributed by atoms with Gasteiger partial charge in [-0.3, -0.25) is 0 Å². The topological polar surface area (TPSA) is 17.8 Å². The number of nitrogens with zero attached hydrogens (tertiary/aromatic N) is 2. The van der Waals surface area contributed by atoms with E-state index in [0.717, 1.165) is 21.1 Å². The van der Waals surface area contributed by atoms with E-state index in [4.69, 9.17) is 16.6 Å². The van der Waals surface area contributed by atoms with Gasteiger partial charge in [-0.25, -0.2) is 4.98 Å². The molecule has 5 heteroatoms. The Kier molecular flexibility index (Phi) is 4.87. The van der Waals surface area contributed by atoms with Crippen LogP contribution < -0.4 is 0 Å². The Morgan fingerprint density at radius 3 is 3.00 bits per heavy atom. The van der Waals surface area contributed by atoms with Crippen molar-refractivity contribution in [3.63, 3.8) is 0 Å². The molecule has 0 radical (unpaired) electrons. The maximum atomic E-state index is 6.40. The van der Waals surface area contributed by atoms with Crippen LogP contribution in [0.3, 0.4) is 0 Å². The fourth-order valence-electron chi connectivity index (χ4n) is 3.29. The summed E-state index contributed by atoms with van der Waals surface area (Å²) < 4.78 is 3.50. The number of aromatic nitrogens is 2. The van der Waals surface area contributed by atoms with E-state index in [1.165, 1.54) is 30.5 Å². The van der Waals surface area contributed by atoms with Gasteiger partial charge in [-0.1, -0.05) is 22.9 Å². The molecule has 1 saturated carbocycles. The molecule has 2 aromatic rings. The Morgan fingerprint density at radius 2 is 2.29 bits per heavy atom. The summed E-state index contributed by atoms with van der Waals surface area (Å²) in [6, 6.07) is 6.83. The number of hydrogen-bond donors (Lipinski definition) is 0. The second-order valence-electron chi connectivity index (χ2n) is 5.63. The molecule has 114 valence electrons. The first kappa shape index (κ1) is 15.7. The average Bonchev–Trinajstić information content (AvgIpc) is 3.02. The highest BCUT2D eigenvalue weighted by molar-refractivity contribution is 9.10.